The van der Waals surface area contributed by atoms with E-state index in [0.717, 1.165) is 6.07 Å². The molecule has 0 saturated heterocycles. The summed E-state index contributed by atoms with van der Waals surface area (Å²) in [5.41, 5.74) is 5.08. The summed E-state index contributed by atoms with van der Waals surface area (Å²) in [6, 6.07) is 0.988. The molecule has 0 unspecified atom stereocenters. The number of nitrogen functional groups attached to an aromatic ring is 1. The van der Waals surface area contributed by atoms with Crippen LogP contribution in [0.4, 0.5) is 10.1 Å². The van der Waals surface area contributed by atoms with E-state index in [0.29, 0.717) is 6.42 Å². The molecular formula is C11H15BrClFN2O4S. The van der Waals surface area contributed by atoms with Gasteiger partial charge in [-0.1, -0.05) is 11.6 Å². The van der Waals surface area contributed by atoms with Gasteiger partial charge in [0.15, 0.2) is 5.82 Å². The maximum absolute atomic E-state index is 13.9. The minimum absolute atomic E-state index is 0.000513. The zero-order valence-electron chi connectivity index (χ0n) is 10.9. The van der Waals surface area contributed by atoms with Gasteiger partial charge in [-0.05, 0) is 28.4 Å². The van der Waals surface area contributed by atoms with Crippen molar-refractivity contribution in [3.63, 3.8) is 0 Å². The van der Waals surface area contributed by atoms with E-state index in [9.17, 15) is 12.8 Å². The van der Waals surface area contributed by atoms with Crippen LogP contribution in [0.3, 0.4) is 0 Å². The molecule has 0 aliphatic rings. The number of aliphatic hydroxyl groups excluding tert-OH is 1. The molecule has 0 aliphatic carbocycles. The van der Waals surface area contributed by atoms with Gasteiger partial charge >= 0.3 is 0 Å². The zero-order chi connectivity index (χ0) is 16.0. The molecule has 0 aliphatic heterocycles. The molecule has 0 fully saturated rings. The number of rotatable bonds is 8. The first kappa shape index (κ1) is 18.6. The monoisotopic (exact) mass is 404 g/mol. The average molecular weight is 406 g/mol. The highest BCUT2D eigenvalue weighted by Crippen LogP contribution is 2.34. The molecule has 1 aromatic carbocycles. The highest BCUT2D eigenvalue weighted by atomic mass is 79.9. The van der Waals surface area contributed by atoms with E-state index in [1.807, 2.05) is 0 Å². The van der Waals surface area contributed by atoms with Gasteiger partial charge in [0.2, 0.25) is 10.0 Å². The lowest BCUT2D eigenvalue weighted by Crippen LogP contribution is -2.27. The minimum Gasteiger partial charge on any atom is -0.395 e. The summed E-state index contributed by atoms with van der Waals surface area (Å²) in [7, 11) is -4.06. The predicted octanol–water partition coefficient (Wildman–Crippen LogP) is 1.50. The summed E-state index contributed by atoms with van der Waals surface area (Å²) in [6.45, 7) is 0.406. The van der Waals surface area contributed by atoms with Crippen molar-refractivity contribution in [3.05, 3.63) is 21.4 Å². The topological polar surface area (TPSA) is 102 Å². The summed E-state index contributed by atoms with van der Waals surface area (Å²) in [5, 5.41) is 8.50. The molecule has 0 heterocycles. The fraction of sp³-hybridized carbons (Fsp3) is 0.455. The van der Waals surface area contributed by atoms with Crippen molar-refractivity contribution < 1.29 is 22.7 Å². The summed E-state index contributed by atoms with van der Waals surface area (Å²) in [5.74, 6) is -1.06. The number of nitrogens with two attached hydrogens (primary N) is 1. The molecule has 0 atom stereocenters. The number of hydrogen-bond donors (Lipinski definition) is 3. The van der Waals surface area contributed by atoms with Crippen LogP contribution >= 0.6 is 27.5 Å². The molecule has 4 N–H and O–H groups in total. The predicted molar refractivity (Wildman–Crippen MR) is 81.2 cm³/mol. The average Bonchev–Trinajstić information content (AvgIpc) is 2.44. The molecule has 0 radical (unpaired) electrons. The molecule has 0 aromatic heterocycles. The Morgan fingerprint density at radius 2 is 2.14 bits per heavy atom. The Labute approximate surface area is 135 Å². The van der Waals surface area contributed by atoms with Crippen LogP contribution in [-0.2, 0) is 14.8 Å². The maximum atomic E-state index is 13.9. The molecular weight excluding hydrogens is 391 g/mol. The van der Waals surface area contributed by atoms with Crippen LogP contribution in [0.2, 0.25) is 5.02 Å². The van der Waals surface area contributed by atoms with Crippen molar-refractivity contribution in [2.45, 2.75) is 11.3 Å². The third-order valence-corrected chi connectivity index (χ3v) is 5.28. The Morgan fingerprint density at radius 1 is 1.48 bits per heavy atom. The van der Waals surface area contributed by atoms with E-state index in [-0.39, 0.29) is 41.5 Å². The summed E-state index contributed by atoms with van der Waals surface area (Å²) < 4.78 is 45.2. The number of ether oxygens (including phenoxy) is 1. The normalized spacial score (nSPS) is 11.8. The van der Waals surface area contributed by atoms with Crippen molar-refractivity contribution in [2.75, 3.05) is 32.1 Å². The third kappa shape index (κ3) is 5.04. The Morgan fingerprint density at radius 3 is 2.76 bits per heavy atom. The van der Waals surface area contributed by atoms with E-state index < -0.39 is 20.7 Å². The van der Waals surface area contributed by atoms with Crippen LogP contribution in [-0.4, -0.2) is 39.9 Å². The molecule has 0 amide bonds. The number of hydrogen-bond acceptors (Lipinski definition) is 5. The minimum atomic E-state index is -4.06. The Balaban J connectivity index is 2.75. The fourth-order valence-corrected chi connectivity index (χ4v) is 3.17. The van der Waals surface area contributed by atoms with E-state index in [1.165, 1.54) is 0 Å². The van der Waals surface area contributed by atoms with Crippen molar-refractivity contribution in [1.82, 2.24) is 4.72 Å². The van der Waals surface area contributed by atoms with Gasteiger partial charge in [0.1, 0.15) is 4.90 Å². The number of nitrogens with one attached hydrogen (secondary N) is 1. The molecule has 21 heavy (non-hydrogen) atoms. The molecule has 6 nitrogen and oxygen atoms in total. The third-order valence-electron chi connectivity index (χ3n) is 2.44. The van der Waals surface area contributed by atoms with Crippen LogP contribution in [0.25, 0.3) is 0 Å². The first-order valence-electron chi connectivity index (χ1n) is 5.92. The first-order valence-corrected chi connectivity index (χ1v) is 8.58. The Hall–Kier alpha value is -0.450. The lowest BCUT2D eigenvalue weighted by molar-refractivity contribution is 0.0913. The van der Waals surface area contributed by atoms with Crippen LogP contribution in [0.5, 0.6) is 0 Å². The molecule has 0 spiro atoms. The van der Waals surface area contributed by atoms with E-state index in [4.69, 9.17) is 27.2 Å². The second-order valence-corrected chi connectivity index (χ2v) is 6.92. The van der Waals surface area contributed by atoms with Gasteiger partial charge in [-0.3, -0.25) is 0 Å². The second kappa shape index (κ2) is 8.25. The van der Waals surface area contributed by atoms with Crippen LogP contribution < -0.4 is 10.5 Å². The van der Waals surface area contributed by atoms with Gasteiger partial charge in [0.25, 0.3) is 0 Å². The second-order valence-electron chi connectivity index (χ2n) is 3.99. The number of halogens is 3. The van der Waals surface area contributed by atoms with E-state index in [1.54, 1.807) is 0 Å². The number of aliphatic hydroxyl groups is 1. The van der Waals surface area contributed by atoms with Crippen LogP contribution in [0.1, 0.15) is 6.42 Å². The van der Waals surface area contributed by atoms with Crippen molar-refractivity contribution in [3.8, 4) is 0 Å². The van der Waals surface area contributed by atoms with Gasteiger partial charge < -0.3 is 15.6 Å². The molecule has 1 aromatic rings. The number of sulfonamides is 1. The van der Waals surface area contributed by atoms with E-state index in [2.05, 4.69) is 20.7 Å². The lowest BCUT2D eigenvalue weighted by atomic mass is 10.3. The SMILES string of the molecule is Nc1c(F)c(S(=O)(=O)NCCCOCCO)cc(Cl)c1Br. The standard InChI is InChI=1S/C11H15BrClFN2O4S/c12-9-7(13)6-8(10(14)11(9)15)21(18,19)16-2-1-4-20-5-3-17/h6,16-17H,1-5,15H2. The number of anilines is 1. The smallest absolute Gasteiger partial charge is 0.243 e. The van der Waals surface area contributed by atoms with Gasteiger partial charge in [0.05, 0.1) is 28.4 Å². The summed E-state index contributed by atoms with van der Waals surface area (Å²) in [6.07, 6.45) is 0.376. The van der Waals surface area contributed by atoms with Crippen LogP contribution in [0, 0.1) is 5.82 Å². The quantitative estimate of drug-likeness (QED) is 0.346. The van der Waals surface area contributed by atoms with Gasteiger partial charge in [0, 0.05) is 13.2 Å². The highest BCUT2D eigenvalue weighted by molar-refractivity contribution is 9.10. The molecule has 120 valence electrons. The largest absolute Gasteiger partial charge is 0.395 e. The molecule has 0 bridgehead atoms. The Bertz CT molecular complexity index is 600. The lowest BCUT2D eigenvalue weighted by Gasteiger charge is -2.11. The van der Waals surface area contributed by atoms with Gasteiger partial charge in [-0.2, -0.15) is 0 Å². The van der Waals surface area contributed by atoms with Crippen LogP contribution in [0.15, 0.2) is 15.4 Å². The maximum Gasteiger partial charge on any atom is 0.243 e. The summed E-state index contributed by atoms with van der Waals surface area (Å²) >= 11 is 8.76. The van der Waals surface area contributed by atoms with Gasteiger partial charge in [-0.15, -0.1) is 0 Å². The first-order chi connectivity index (χ1) is 9.81. The Kier molecular flexibility index (Phi) is 7.31. The highest BCUT2D eigenvalue weighted by Gasteiger charge is 2.23. The zero-order valence-corrected chi connectivity index (χ0v) is 14.1. The van der Waals surface area contributed by atoms with Crippen molar-refractivity contribution >= 4 is 43.2 Å². The molecule has 10 heteroatoms. The molecule has 0 saturated carbocycles. The summed E-state index contributed by atoms with van der Waals surface area (Å²) in [4.78, 5) is -0.607. The van der Waals surface area contributed by atoms with Crippen molar-refractivity contribution in [1.29, 1.82) is 0 Å². The van der Waals surface area contributed by atoms with E-state index >= 15 is 0 Å². The fourth-order valence-electron chi connectivity index (χ4n) is 1.42. The van der Waals surface area contributed by atoms with Gasteiger partial charge in [-0.25, -0.2) is 17.5 Å². The van der Waals surface area contributed by atoms with Crippen molar-refractivity contribution in [2.24, 2.45) is 0 Å². The molecule has 1 rings (SSSR count). The number of benzene rings is 1.